The van der Waals surface area contributed by atoms with Gasteiger partial charge in [-0.25, -0.2) is 9.67 Å². The summed E-state index contributed by atoms with van der Waals surface area (Å²) in [5, 5.41) is 21.3. The molecule has 3 rings (SSSR count). The molecule has 6 nitrogen and oxygen atoms in total. The molecule has 2 N–H and O–H groups in total. The van der Waals surface area contributed by atoms with Crippen molar-refractivity contribution < 1.29 is 5.11 Å². The van der Waals surface area contributed by atoms with Crippen molar-refractivity contribution in [2.75, 3.05) is 5.32 Å². The SMILES string of the molecule is OCc1ccc(NCc2cn(-c3ccc(Cl)c(Cl)c3)nn2)nc1. The van der Waals surface area contributed by atoms with Gasteiger partial charge in [0.05, 0.1) is 35.1 Å². The minimum atomic E-state index is -0.0226. The van der Waals surface area contributed by atoms with Crippen LogP contribution in [0.5, 0.6) is 0 Å². The summed E-state index contributed by atoms with van der Waals surface area (Å²) in [6.07, 6.45) is 3.42. The first-order valence-corrected chi connectivity index (χ1v) is 7.57. The molecular weight excluding hydrogens is 337 g/mol. The van der Waals surface area contributed by atoms with E-state index in [0.29, 0.717) is 22.4 Å². The molecule has 23 heavy (non-hydrogen) atoms. The van der Waals surface area contributed by atoms with Gasteiger partial charge in [0.2, 0.25) is 0 Å². The zero-order valence-corrected chi connectivity index (χ0v) is 13.5. The molecule has 2 aromatic heterocycles. The molecule has 0 saturated heterocycles. The van der Waals surface area contributed by atoms with E-state index < -0.39 is 0 Å². The molecule has 0 unspecified atom stereocenters. The van der Waals surface area contributed by atoms with Crippen LogP contribution in [-0.2, 0) is 13.2 Å². The molecule has 2 heterocycles. The lowest BCUT2D eigenvalue weighted by molar-refractivity contribution is 0.281. The van der Waals surface area contributed by atoms with Crippen molar-refractivity contribution in [3.63, 3.8) is 0 Å². The number of aliphatic hydroxyl groups is 1. The van der Waals surface area contributed by atoms with E-state index in [9.17, 15) is 0 Å². The van der Waals surface area contributed by atoms with Crippen LogP contribution >= 0.6 is 23.2 Å². The number of aliphatic hydroxyl groups excluding tert-OH is 1. The van der Waals surface area contributed by atoms with Crippen molar-refractivity contribution in [2.24, 2.45) is 0 Å². The summed E-state index contributed by atoms with van der Waals surface area (Å²) in [5.41, 5.74) is 2.30. The highest BCUT2D eigenvalue weighted by atomic mass is 35.5. The summed E-state index contributed by atoms with van der Waals surface area (Å²) in [6.45, 7) is 0.456. The minimum absolute atomic E-state index is 0.0226. The summed E-state index contributed by atoms with van der Waals surface area (Å²) >= 11 is 11.9. The fourth-order valence-corrected chi connectivity index (χ4v) is 2.23. The Balaban J connectivity index is 1.67. The normalized spacial score (nSPS) is 10.7. The summed E-state index contributed by atoms with van der Waals surface area (Å²) in [4.78, 5) is 4.19. The van der Waals surface area contributed by atoms with Crippen LogP contribution in [0.2, 0.25) is 10.0 Å². The van der Waals surface area contributed by atoms with E-state index in [4.69, 9.17) is 28.3 Å². The Kier molecular flexibility index (Phi) is 4.76. The number of halogens is 2. The maximum Gasteiger partial charge on any atom is 0.126 e. The molecule has 0 spiro atoms. The quantitative estimate of drug-likeness (QED) is 0.740. The van der Waals surface area contributed by atoms with Crippen molar-refractivity contribution >= 4 is 29.0 Å². The van der Waals surface area contributed by atoms with Crippen LogP contribution in [-0.4, -0.2) is 25.1 Å². The topological polar surface area (TPSA) is 75.9 Å². The van der Waals surface area contributed by atoms with E-state index in [1.807, 2.05) is 12.1 Å². The van der Waals surface area contributed by atoms with Crippen LogP contribution in [0.3, 0.4) is 0 Å². The molecule has 8 heteroatoms. The second kappa shape index (κ2) is 6.95. The number of anilines is 1. The van der Waals surface area contributed by atoms with Gasteiger partial charge in [0.25, 0.3) is 0 Å². The van der Waals surface area contributed by atoms with Crippen LogP contribution in [0.1, 0.15) is 11.3 Å². The predicted octanol–water partition coefficient (Wildman–Crippen LogP) is 3.07. The van der Waals surface area contributed by atoms with Crippen molar-refractivity contribution in [1.29, 1.82) is 0 Å². The number of aromatic nitrogens is 4. The monoisotopic (exact) mass is 349 g/mol. The van der Waals surface area contributed by atoms with Gasteiger partial charge in [-0.15, -0.1) is 5.10 Å². The lowest BCUT2D eigenvalue weighted by Crippen LogP contribution is -2.02. The number of benzene rings is 1. The predicted molar refractivity (Wildman–Crippen MR) is 88.9 cm³/mol. The van der Waals surface area contributed by atoms with E-state index in [1.54, 1.807) is 35.3 Å². The average molecular weight is 350 g/mol. The average Bonchev–Trinajstić information content (AvgIpc) is 3.05. The zero-order chi connectivity index (χ0) is 16.2. The summed E-state index contributed by atoms with van der Waals surface area (Å²) in [6, 6.07) is 8.86. The number of rotatable bonds is 5. The van der Waals surface area contributed by atoms with Crippen LogP contribution in [0.4, 0.5) is 5.82 Å². The molecule has 0 amide bonds. The lowest BCUT2D eigenvalue weighted by Gasteiger charge is -2.03. The Morgan fingerprint density at radius 2 is 2.00 bits per heavy atom. The molecule has 0 fully saturated rings. The molecule has 0 aliphatic heterocycles. The van der Waals surface area contributed by atoms with Gasteiger partial charge in [-0.3, -0.25) is 0 Å². The third-order valence-electron chi connectivity index (χ3n) is 3.17. The lowest BCUT2D eigenvalue weighted by atomic mass is 10.3. The second-order valence-electron chi connectivity index (χ2n) is 4.82. The Morgan fingerprint density at radius 1 is 1.13 bits per heavy atom. The van der Waals surface area contributed by atoms with Gasteiger partial charge < -0.3 is 10.4 Å². The highest BCUT2D eigenvalue weighted by Crippen LogP contribution is 2.24. The molecule has 0 atom stereocenters. The standard InChI is InChI=1S/C15H13Cl2N5O/c16-13-3-2-12(5-14(13)17)22-8-11(20-21-22)7-19-15-4-1-10(9-23)6-18-15/h1-6,8,23H,7,9H2,(H,18,19). The zero-order valence-electron chi connectivity index (χ0n) is 11.9. The van der Waals surface area contributed by atoms with Gasteiger partial charge in [0.1, 0.15) is 11.5 Å². The van der Waals surface area contributed by atoms with Gasteiger partial charge in [-0.2, -0.15) is 0 Å². The number of hydrogen-bond acceptors (Lipinski definition) is 5. The highest BCUT2D eigenvalue weighted by Gasteiger charge is 2.05. The van der Waals surface area contributed by atoms with Gasteiger partial charge >= 0.3 is 0 Å². The van der Waals surface area contributed by atoms with Crippen LogP contribution in [0.25, 0.3) is 5.69 Å². The molecule has 118 valence electrons. The Bertz CT molecular complexity index is 804. The Hall–Kier alpha value is -2.15. The van der Waals surface area contributed by atoms with E-state index in [0.717, 1.165) is 16.9 Å². The largest absolute Gasteiger partial charge is 0.392 e. The minimum Gasteiger partial charge on any atom is -0.392 e. The number of hydrogen-bond donors (Lipinski definition) is 2. The van der Waals surface area contributed by atoms with E-state index in [2.05, 4.69) is 20.6 Å². The van der Waals surface area contributed by atoms with Crippen molar-refractivity contribution in [3.8, 4) is 5.69 Å². The first kappa shape index (κ1) is 15.7. The van der Waals surface area contributed by atoms with E-state index in [1.165, 1.54) is 0 Å². The summed E-state index contributed by atoms with van der Waals surface area (Å²) in [5.74, 6) is 0.700. The van der Waals surface area contributed by atoms with E-state index in [-0.39, 0.29) is 6.61 Å². The maximum absolute atomic E-state index is 8.98. The van der Waals surface area contributed by atoms with Gasteiger partial charge in [-0.05, 0) is 29.8 Å². The van der Waals surface area contributed by atoms with Crippen LogP contribution < -0.4 is 5.32 Å². The van der Waals surface area contributed by atoms with Crippen molar-refractivity contribution in [2.45, 2.75) is 13.2 Å². The fourth-order valence-electron chi connectivity index (χ4n) is 1.94. The Labute approximate surface area is 142 Å². The maximum atomic E-state index is 8.98. The van der Waals surface area contributed by atoms with Crippen molar-refractivity contribution in [1.82, 2.24) is 20.0 Å². The second-order valence-corrected chi connectivity index (χ2v) is 5.63. The molecule has 0 radical (unpaired) electrons. The third-order valence-corrected chi connectivity index (χ3v) is 3.91. The summed E-state index contributed by atoms with van der Waals surface area (Å²) in [7, 11) is 0. The number of pyridine rings is 1. The molecular formula is C15H13Cl2N5O. The smallest absolute Gasteiger partial charge is 0.126 e. The number of nitrogens with zero attached hydrogens (tertiary/aromatic N) is 4. The van der Waals surface area contributed by atoms with Gasteiger partial charge in [0, 0.05) is 6.20 Å². The first-order chi connectivity index (χ1) is 11.2. The van der Waals surface area contributed by atoms with Gasteiger partial charge in [0.15, 0.2) is 0 Å². The van der Waals surface area contributed by atoms with Crippen LogP contribution in [0, 0.1) is 0 Å². The summed E-state index contributed by atoms with van der Waals surface area (Å²) < 4.78 is 1.63. The Morgan fingerprint density at radius 3 is 2.70 bits per heavy atom. The van der Waals surface area contributed by atoms with E-state index >= 15 is 0 Å². The van der Waals surface area contributed by atoms with Crippen molar-refractivity contribution in [3.05, 3.63) is 64.0 Å². The molecule has 3 aromatic rings. The first-order valence-electron chi connectivity index (χ1n) is 6.82. The molecule has 0 bridgehead atoms. The number of nitrogens with one attached hydrogen (secondary N) is 1. The van der Waals surface area contributed by atoms with Crippen LogP contribution in [0.15, 0.2) is 42.7 Å². The molecule has 0 aliphatic carbocycles. The molecule has 0 aliphatic rings. The van der Waals surface area contributed by atoms with Gasteiger partial charge in [-0.1, -0.05) is 34.5 Å². The third kappa shape index (κ3) is 3.79. The molecule has 0 saturated carbocycles. The molecule has 1 aromatic carbocycles. The fraction of sp³-hybridized carbons (Fsp3) is 0.133. The highest BCUT2D eigenvalue weighted by molar-refractivity contribution is 6.42.